The molecule has 3 heterocycles. The van der Waals surface area contributed by atoms with E-state index in [0.717, 1.165) is 43.0 Å². The van der Waals surface area contributed by atoms with Gasteiger partial charge in [-0.1, -0.05) is 40.5 Å². The lowest BCUT2D eigenvalue weighted by molar-refractivity contribution is 0.102. The number of amides is 1. The van der Waals surface area contributed by atoms with E-state index < -0.39 is 18.4 Å². The second-order valence-electron chi connectivity index (χ2n) is 10.0. The molecule has 0 spiro atoms. The van der Waals surface area contributed by atoms with Crippen molar-refractivity contribution in [3.63, 3.8) is 0 Å². The molecule has 0 bridgehead atoms. The third kappa shape index (κ3) is 7.45. The zero-order valence-electron chi connectivity index (χ0n) is 26.2. The minimum Gasteiger partial charge on any atom is -0.452 e. The quantitative estimate of drug-likeness (QED) is 0.232. The molecule has 1 aromatic carbocycles. The number of anilines is 1. The van der Waals surface area contributed by atoms with Gasteiger partial charge in [0.25, 0.3) is 5.91 Å². The van der Waals surface area contributed by atoms with E-state index in [1.165, 1.54) is 18.3 Å². The van der Waals surface area contributed by atoms with Gasteiger partial charge in [-0.15, -0.1) is 0 Å². The first-order valence-electron chi connectivity index (χ1n) is 15.1. The van der Waals surface area contributed by atoms with Crippen LogP contribution in [0.25, 0.3) is 11.0 Å². The molecule has 43 heavy (non-hydrogen) atoms. The van der Waals surface area contributed by atoms with E-state index in [-0.39, 0.29) is 34.9 Å². The Balaban J connectivity index is 0.00000121. The Kier molecular flexibility index (Phi) is 11.9. The van der Waals surface area contributed by atoms with Crippen LogP contribution in [0.2, 0.25) is 0 Å². The Morgan fingerprint density at radius 1 is 1.05 bits per heavy atom. The summed E-state index contributed by atoms with van der Waals surface area (Å²) >= 11 is 0. The van der Waals surface area contributed by atoms with Gasteiger partial charge in [0.2, 0.25) is 0 Å². The third-order valence-corrected chi connectivity index (χ3v) is 7.46. The number of hydrogen-bond donors (Lipinski definition) is 1. The molecule has 0 radical (unpaired) electrons. The van der Waals surface area contributed by atoms with Gasteiger partial charge in [-0.2, -0.15) is 0 Å². The molecule has 9 heteroatoms. The molecular weight excluding hydrogens is 550 g/mol. The molecule has 0 aliphatic heterocycles. The second kappa shape index (κ2) is 15.4. The summed E-state index contributed by atoms with van der Waals surface area (Å²) in [7, 11) is 0. The summed E-state index contributed by atoms with van der Waals surface area (Å²) in [5.74, 6) is -1.02. The molecule has 1 fully saturated rings. The summed E-state index contributed by atoms with van der Waals surface area (Å²) in [5.41, 5.74) is 3.94. The van der Waals surface area contributed by atoms with Crippen LogP contribution in [-0.4, -0.2) is 27.1 Å². The third-order valence-electron chi connectivity index (χ3n) is 7.46. The van der Waals surface area contributed by atoms with E-state index in [2.05, 4.69) is 15.3 Å². The molecule has 4 aromatic rings. The van der Waals surface area contributed by atoms with Gasteiger partial charge in [0.15, 0.2) is 22.7 Å². The van der Waals surface area contributed by atoms with Gasteiger partial charge < -0.3 is 14.6 Å². The van der Waals surface area contributed by atoms with Crippen LogP contribution in [0.15, 0.2) is 47.5 Å². The standard InChI is InChI=1S/C30H30F2N4O3.2C2H6/c1-17-14-24-28(34-18(17)2)26(10-12-33-24)39-25-9-8-21(15-23(25)32)35-30(38)22-16-36(13-11-31)19(3)27(29(22)37)20-6-4-5-7-20;2*1-2/h8-10,12,14-16,20H,4-7,11,13H2,1-3H3,(H,35,38);2*1-2H3. The number of hydrogen-bond acceptors (Lipinski definition) is 5. The van der Waals surface area contributed by atoms with Crippen LogP contribution in [0.3, 0.4) is 0 Å². The molecule has 1 saturated carbocycles. The second-order valence-corrected chi connectivity index (χ2v) is 10.0. The maximum atomic E-state index is 15.1. The number of ether oxygens (including phenoxy) is 1. The number of aryl methyl sites for hydroxylation is 3. The Labute approximate surface area is 252 Å². The highest BCUT2D eigenvalue weighted by Crippen LogP contribution is 2.35. The van der Waals surface area contributed by atoms with E-state index in [1.807, 2.05) is 47.6 Å². The van der Waals surface area contributed by atoms with Gasteiger partial charge in [-0.05, 0) is 63.3 Å². The van der Waals surface area contributed by atoms with Crippen LogP contribution < -0.4 is 15.5 Å². The number of carbonyl (C=O) groups excluding carboxylic acids is 1. The number of rotatable bonds is 7. The highest BCUT2D eigenvalue weighted by molar-refractivity contribution is 6.04. The minimum absolute atomic E-state index is 0.0460. The summed E-state index contributed by atoms with van der Waals surface area (Å²) in [4.78, 5) is 35.4. The molecule has 1 aliphatic carbocycles. The largest absolute Gasteiger partial charge is 0.452 e. The van der Waals surface area contributed by atoms with Crippen molar-refractivity contribution in [2.45, 2.75) is 86.6 Å². The summed E-state index contributed by atoms with van der Waals surface area (Å²) in [6.45, 7) is 13.0. The van der Waals surface area contributed by atoms with Crippen LogP contribution in [0.4, 0.5) is 14.5 Å². The van der Waals surface area contributed by atoms with Crippen molar-refractivity contribution in [2.24, 2.45) is 0 Å². The van der Waals surface area contributed by atoms with Crippen molar-refractivity contribution < 1.29 is 18.3 Å². The van der Waals surface area contributed by atoms with E-state index in [9.17, 15) is 14.0 Å². The Morgan fingerprint density at radius 2 is 1.74 bits per heavy atom. The monoisotopic (exact) mass is 592 g/mol. The van der Waals surface area contributed by atoms with E-state index in [4.69, 9.17) is 4.74 Å². The fourth-order valence-electron chi connectivity index (χ4n) is 5.25. The zero-order valence-corrected chi connectivity index (χ0v) is 26.2. The molecule has 0 saturated heterocycles. The van der Waals surface area contributed by atoms with Gasteiger partial charge in [0.05, 0.1) is 12.1 Å². The smallest absolute Gasteiger partial charge is 0.261 e. The number of nitrogens with one attached hydrogen (secondary N) is 1. The topological polar surface area (TPSA) is 86.1 Å². The van der Waals surface area contributed by atoms with Crippen molar-refractivity contribution in [1.82, 2.24) is 14.5 Å². The molecule has 1 amide bonds. The Morgan fingerprint density at radius 3 is 2.40 bits per heavy atom. The molecule has 1 aliphatic rings. The van der Waals surface area contributed by atoms with E-state index >= 15 is 4.39 Å². The lowest BCUT2D eigenvalue weighted by Crippen LogP contribution is -2.29. The maximum Gasteiger partial charge on any atom is 0.261 e. The molecule has 7 nitrogen and oxygen atoms in total. The maximum absolute atomic E-state index is 15.1. The number of pyridine rings is 3. The molecule has 0 unspecified atom stereocenters. The van der Waals surface area contributed by atoms with Gasteiger partial charge in [0, 0.05) is 47.2 Å². The normalized spacial score (nSPS) is 12.7. The van der Waals surface area contributed by atoms with Crippen LogP contribution in [0.5, 0.6) is 11.5 Å². The first kappa shape index (κ1) is 33.4. The van der Waals surface area contributed by atoms with Crippen molar-refractivity contribution in [3.8, 4) is 11.5 Å². The summed E-state index contributed by atoms with van der Waals surface area (Å²) in [6.07, 6.45) is 6.72. The molecular formula is C34H42F2N4O3. The molecule has 1 N–H and O–H groups in total. The van der Waals surface area contributed by atoms with Gasteiger partial charge >= 0.3 is 0 Å². The zero-order chi connectivity index (χ0) is 31.7. The molecule has 0 atom stereocenters. The highest BCUT2D eigenvalue weighted by atomic mass is 19.1. The number of alkyl halides is 1. The average molecular weight is 593 g/mol. The lowest BCUT2D eigenvalue weighted by Gasteiger charge is -2.19. The predicted octanol–water partition coefficient (Wildman–Crippen LogP) is 8.58. The van der Waals surface area contributed by atoms with E-state index in [1.54, 1.807) is 23.8 Å². The summed E-state index contributed by atoms with van der Waals surface area (Å²) in [6, 6.07) is 7.53. The van der Waals surface area contributed by atoms with E-state index in [0.29, 0.717) is 28.0 Å². The van der Waals surface area contributed by atoms with Crippen molar-refractivity contribution in [2.75, 3.05) is 12.0 Å². The fourth-order valence-corrected chi connectivity index (χ4v) is 5.25. The number of fused-ring (bicyclic) bond motifs is 1. The molecule has 3 aromatic heterocycles. The Bertz CT molecular complexity index is 1630. The predicted molar refractivity (Wildman–Crippen MR) is 169 cm³/mol. The molecule has 230 valence electrons. The SMILES string of the molecule is CC.CC.Cc1cc2nccc(Oc3ccc(NC(=O)c4cn(CCF)c(C)c(C5CCCC5)c4=O)cc3F)c2nc1C. The average Bonchev–Trinajstić information content (AvgIpc) is 3.53. The van der Waals surface area contributed by atoms with Gasteiger partial charge in [-0.25, -0.2) is 13.8 Å². The van der Waals surface area contributed by atoms with Crippen LogP contribution in [-0.2, 0) is 6.54 Å². The number of benzene rings is 1. The van der Waals surface area contributed by atoms with Crippen LogP contribution >= 0.6 is 0 Å². The van der Waals surface area contributed by atoms with Gasteiger partial charge in [-0.3, -0.25) is 14.6 Å². The first-order chi connectivity index (χ1) is 20.8. The number of halogens is 2. The Hall–Kier alpha value is -4.14. The van der Waals surface area contributed by atoms with Gasteiger partial charge in [0.1, 0.15) is 17.8 Å². The number of nitrogens with zero attached hydrogens (tertiary/aromatic N) is 3. The van der Waals surface area contributed by atoms with Crippen molar-refractivity contribution in [3.05, 3.63) is 86.8 Å². The lowest BCUT2D eigenvalue weighted by atomic mass is 9.94. The van der Waals surface area contributed by atoms with Crippen LogP contribution in [0, 0.1) is 26.6 Å². The molecule has 5 rings (SSSR count). The van der Waals surface area contributed by atoms with Crippen molar-refractivity contribution in [1.29, 1.82) is 0 Å². The first-order valence-corrected chi connectivity index (χ1v) is 15.1. The fraction of sp³-hybridized carbons (Fsp3) is 0.412. The summed E-state index contributed by atoms with van der Waals surface area (Å²) in [5, 5.41) is 2.62. The minimum atomic E-state index is -0.702. The van der Waals surface area contributed by atoms with Crippen molar-refractivity contribution >= 4 is 22.6 Å². The highest BCUT2D eigenvalue weighted by Gasteiger charge is 2.26. The number of carbonyl (C=O) groups is 1. The van der Waals surface area contributed by atoms with Crippen LogP contribution in [0.1, 0.15) is 92.2 Å². The number of aromatic nitrogens is 3. The summed E-state index contributed by atoms with van der Waals surface area (Å²) < 4.78 is 35.8.